The second-order valence-corrected chi connectivity index (χ2v) is 13.0. The first kappa shape index (κ1) is 49.7. The number of guanidine groups is 2. The normalized spacial score (nSPS) is 13.9. The van der Waals surface area contributed by atoms with E-state index < -0.39 is 115 Å². The van der Waals surface area contributed by atoms with E-state index >= 15 is 0 Å². The van der Waals surface area contributed by atoms with Gasteiger partial charge < -0.3 is 76.3 Å². The number of nitrogens with zero attached hydrogens (tertiary/aromatic N) is 2. The van der Waals surface area contributed by atoms with Gasteiger partial charge in [0, 0.05) is 19.5 Å². The Morgan fingerprint density at radius 2 is 0.929 bits per heavy atom. The summed E-state index contributed by atoms with van der Waals surface area (Å²) in [6.45, 7) is 3.48. The number of nitrogens with one attached hydrogen (secondary N) is 5. The molecule has 0 aliphatic carbocycles. The molecule has 0 heterocycles. The van der Waals surface area contributed by atoms with E-state index in [1.807, 2.05) is 5.32 Å². The summed E-state index contributed by atoms with van der Waals surface area (Å²) in [4.78, 5) is 120. The van der Waals surface area contributed by atoms with Gasteiger partial charge >= 0.3 is 17.9 Å². The van der Waals surface area contributed by atoms with Crippen LogP contribution in [-0.2, 0) is 43.2 Å². The molecule has 25 heteroatoms. The van der Waals surface area contributed by atoms with E-state index in [9.17, 15) is 58.5 Å². The van der Waals surface area contributed by atoms with Crippen LogP contribution in [-0.4, -0.2) is 130 Å². The van der Waals surface area contributed by atoms with Gasteiger partial charge in [0.05, 0.1) is 18.9 Å². The van der Waals surface area contributed by atoms with Crippen molar-refractivity contribution in [2.75, 3.05) is 13.1 Å². The van der Waals surface area contributed by atoms with Crippen molar-refractivity contribution < 1.29 is 58.5 Å². The molecule has 20 N–H and O–H groups in total. The van der Waals surface area contributed by atoms with Gasteiger partial charge in [-0.3, -0.25) is 48.3 Å². The number of carboxylic acid groups (broad SMARTS) is 3. The summed E-state index contributed by atoms with van der Waals surface area (Å²) in [5.74, 6) is -11.6. The number of primary amides is 1. The standard InChI is InChI=1S/C31H55N13O12/c1-14(2)11-18(26(52)44-19(12-22(46)47)27(53)41-17(29(55)56)7-8-21(33)45)42-28(54)20(13-23(48)49)43-25(51)16(6-4-10-39-31(36)37)40-24(50)15(32)5-3-9-38-30(34)35/h14-20H,3-13,32H2,1-2H3,(H2,33,45)(H,40,50)(H,41,53)(H,42,54)(H,43,51)(H,44,52)(H,46,47)(H,48,49)(H,55,56)(H4,34,35,38)(H4,36,37,39)/t15-,16-,17-,18+,19-,20-/m0/s1. The van der Waals surface area contributed by atoms with Crippen LogP contribution in [0.4, 0.5) is 0 Å². The van der Waals surface area contributed by atoms with Crippen LogP contribution in [0.1, 0.15) is 71.6 Å². The van der Waals surface area contributed by atoms with Crippen LogP contribution in [0, 0.1) is 5.92 Å². The monoisotopic (exact) mass is 801 g/mol. The Labute approximate surface area is 321 Å². The van der Waals surface area contributed by atoms with Crippen LogP contribution in [0.5, 0.6) is 0 Å². The summed E-state index contributed by atoms with van der Waals surface area (Å²) in [5, 5.41) is 39.6. The highest BCUT2D eigenvalue weighted by atomic mass is 16.4. The van der Waals surface area contributed by atoms with E-state index in [1.165, 1.54) is 0 Å². The molecule has 0 spiro atoms. The van der Waals surface area contributed by atoms with Crippen LogP contribution in [0.3, 0.4) is 0 Å². The molecule has 0 saturated carbocycles. The summed E-state index contributed by atoms with van der Waals surface area (Å²) < 4.78 is 0. The van der Waals surface area contributed by atoms with Gasteiger partial charge in [-0.15, -0.1) is 0 Å². The van der Waals surface area contributed by atoms with E-state index in [4.69, 9.17) is 34.4 Å². The van der Waals surface area contributed by atoms with Crippen molar-refractivity contribution in [2.24, 2.45) is 50.3 Å². The largest absolute Gasteiger partial charge is 0.481 e. The number of carbonyl (C=O) groups is 9. The number of amides is 6. The SMILES string of the molecule is CC(C)C[C@@H](NC(=O)[C@H](CC(=O)O)NC(=O)[C@H](CCCN=C(N)N)NC(=O)[C@@H](N)CCCN=C(N)N)C(=O)N[C@@H](CC(=O)O)C(=O)N[C@@H](CCC(N)=O)C(=O)O. The third-order valence-electron chi connectivity index (χ3n) is 7.54. The zero-order valence-electron chi connectivity index (χ0n) is 31.2. The van der Waals surface area contributed by atoms with Crippen LogP contribution < -0.4 is 61.0 Å². The van der Waals surface area contributed by atoms with Gasteiger partial charge in [0.15, 0.2) is 11.9 Å². The molecule has 0 aliphatic heterocycles. The van der Waals surface area contributed by atoms with Crippen LogP contribution in [0.15, 0.2) is 9.98 Å². The molecular weight excluding hydrogens is 746 g/mol. The number of rotatable bonds is 28. The van der Waals surface area contributed by atoms with Gasteiger partial charge in [0.2, 0.25) is 35.4 Å². The Bertz CT molecular complexity index is 1470. The number of nitrogens with two attached hydrogens (primary N) is 6. The molecule has 25 nitrogen and oxygen atoms in total. The van der Waals surface area contributed by atoms with Crippen LogP contribution in [0.2, 0.25) is 0 Å². The second-order valence-electron chi connectivity index (χ2n) is 13.0. The molecule has 0 fully saturated rings. The third kappa shape index (κ3) is 22.1. The Hall–Kier alpha value is -6.27. The minimum absolute atomic E-state index is 0.0306. The van der Waals surface area contributed by atoms with Crippen molar-refractivity contribution in [3.05, 3.63) is 0 Å². The van der Waals surface area contributed by atoms with Gasteiger partial charge in [-0.25, -0.2) is 4.79 Å². The first-order valence-corrected chi connectivity index (χ1v) is 17.4. The number of aliphatic imine (C=N–C) groups is 2. The molecule has 0 aliphatic rings. The minimum Gasteiger partial charge on any atom is -0.481 e. The summed E-state index contributed by atoms with van der Waals surface area (Å²) in [6, 6.07) is -9.45. The highest BCUT2D eigenvalue weighted by molar-refractivity contribution is 5.98. The van der Waals surface area contributed by atoms with Crippen molar-refractivity contribution in [1.82, 2.24) is 26.6 Å². The van der Waals surface area contributed by atoms with Crippen molar-refractivity contribution >= 4 is 65.3 Å². The predicted octanol–water partition coefficient (Wildman–Crippen LogP) is -5.81. The average molecular weight is 802 g/mol. The van der Waals surface area contributed by atoms with Crippen molar-refractivity contribution in [1.29, 1.82) is 0 Å². The predicted molar refractivity (Wildman–Crippen MR) is 197 cm³/mol. The maximum Gasteiger partial charge on any atom is 0.326 e. The molecule has 0 rings (SSSR count). The van der Waals surface area contributed by atoms with Crippen molar-refractivity contribution in [2.45, 2.75) is 108 Å². The lowest BCUT2D eigenvalue weighted by Gasteiger charge is -2.27. The zero-order valence-corrected chi connectivity index (χ0v) is 31.2. The van der Waals surface area contributed by atoms with Crippen LogP contribution in [0.25, 0.3) is 0 Å². The topological polar surface area (TPSA) is 455 Å². The maximum absolute atomic E-state index is 13.5. The molecule has 6 atom stereocenters. The van der Waals surface area contributed by atoms with Gasteiger partial charge in [-0.05, 0) is 44.4 Å². The lowest BCUT2D eigenvalue weighted by Crippen LogP contribution is -2.60. The Balaban J connectivity index is 6.24. The van der Waals surface area contributed by atoms with Gasteiger partial charge in [-0.1, -0.05) is 13.8 Å². The molecule has 56 heavy (non-hydrogen) atoms. The Morgan fingerprint density at radius 1 is 0.536 bits per heavy atom. The summed E-state index contributed by atoms with van der Waals surface area (Å²) in [5.41, 5.74) is 32.3. The Morgan fingerprint density at radius 3 is 1.34 bits per heavy atom. The number of hydrogen-bond donors (Lipinski definition) is 14. The first-order chi connectivity index (χ1) is 26.0. The fourth-order valence-electron chi connectivity index (χ4n) is 4.81. The van der Waals surface area contributed by atoms with E-state index in [0.29, 0.717) is 6.42 Å². The number of carbonyl (C=O) groups excluding carboxylic acids is 6. The molecule has 0 aromatic rings. The number of carboxylic acids is 3. The molecule has 0 radical (unpaired) electrons. The lowest BCUT2D eigenvalue weighted by atomic mass is 10.0. The molecule has 0 bridgehead atoms. The van der Waals surface area contributed by atoms with Gasteiger partial charge in [-0.2, -0.15) is 0 Å². The van der Waals surface area contributed by atoms with E-state index in [-0.39, 0.29) is 56.6 Å². The first-order valence-electron chi connectivity index (χ1n) is 17.4. The summed E-state index contributed by atoms with van der Waals surface area (Å²) in [6.07, 6.45) is -2.62. The maximum atomic E-state index is 13.5. The fraction of sp³-hybridized carbons (Fsp3) is 0.645. The molecule has 0 aromatic carbocycles. The van der Waals surface area contributed by atoms with E-state index in [1.54, 1.807) is 13.8 Å². The fourth-order valence-corrected chi connectivity index (χ4v) is 4.81. The molecule has 0 aromatic heterocycles. The van der Waals surface area contributed by atoms with Crippen LogP contribution >= 0.6 is 0 Å². The zero-order chi connectivity index (χ0) is 43.1. The average Bonchev–Trinajstić information content (AvgIpc) is 3.07. The van der Waals surface area contributed by atoms with E-state index in [2.05, 4.69) is 31.3 Å². The Kier molecular flexibility index (Phi) is 22.8. The molecular formula is C31H55N13O12. The molecule has 6 amide bonds. The minimum atomic E-state index is -1.88. The number of aliphatic carboxylic acids is 3. The van der Waals surface area contributed by atoms with Crippen molar-refractivity contribution in [3.63, 3.8) is 0 Å². The third-order valence-corrected chi connectivity index (χ3v) is 7.54. The van der Waals surface area contributed by atoms with Gasteiger partial charge in [0.1, 0.15) is 30.2 Å². The highest BCUT2D eigenvalue weighted by Gasteiger charge is 2.34. The number of hydrogen-bond acceptors (Lipinski definition) is 12. The highest BCUT2D eigenvalue weighted by Crippen LogP contribution is 2.09. The summed E-state index contributed by atoms with van der Waals surface area (Å²) >= 11 is 0. The summed E-state index contributed by atoms with van der Waals surface area (Å²) in [7, 11) is 0. The quantitative estimate of drug-likeness (QED) is 0.0199. The molecule has 0 unspecified atom stereocenters. The molecule has 316 valence electrons. The molecule has 0 saturated heterocycles. The second kappa shape index (κ2) is 25.7. The van der Waals surface area contributed by atoms with Crippen molar-refractivity contribution in [3.8, 4) is 0 Å². The van der Waals surface area contributed by atoms with Gasteiger partial charge in [0.25, 0.3) is 0 Å². The lowest BCUT2D eigenvalue weighted by molar-refractivity contribution is -0.144. The smallest absolute Gasteiger partial charge is 0.326 e. The van der Waals surface area contributed by atoms with E-state index in [0.717, 1.165) is 0 Å².